The Labute approximate surface area is 143 Å². The lowest BCUT2D eigenvalue weighted by atomic mass is 9.82. The van der Waals surface area contributed by atoms with Crippen LogP contribution in [0.4, 0.5) is 0 Å². The van der Waals surface area contributed by atoms with Gasteiger partial charge in [-0.2, -0.15) is 0 Å². The molecule has 1 heterocycles. The first-order valence-electron chi connectivity index (χ1n) is 8.38. The van der Waals surface area contributed by atoms with E-state index >= 15 is 0 Å². The molecule has 1 unspecified atom stereocenters. The van der Waals surface area contributed by atoms with Gasteiger partial charge in [-0.15, -0.1) is 0 Å². The van der Waals surface area contributed by atoms with Gasteiger partial charge in [-0.3, -0.25) is 9.59 Å². The third kappa shape index (κ3) is 3.31. The smallest absolute Gasteiger partial charge is 0.313 e. The number of hydrogen-bond donors (Lipinski definition) is 1. The molecule has 132 valence electrons. The predicted octanol–water partition coefficient (Wildman–Crippen LogP) is 2.48. The van der Waals surface area contributed by atoms with Crippen molar-refractivity contribution in [3.05, 3.63) is 35.4 Å². The molecule has 1 aliphatic rings. The first kappa shape index (κ1) is 18.5. The molecule has 0 aromatic heterocycles. The number of aliphatic carboxylic acids is 1. The molecule has 5 nitrogen and oxygen atoms in total. The summed E-state index contributed by atoms with van der Waals surface area (Å²) >= 11 is 0. The van der Waals surface area contributed by atoms with Gasteiger partial charge in [-0.05, 0) is 37.8 Å². The molecule has 1 N–H and O–H groups in total. The van der Waals surface area contributed by atoms with Gasteiger partial charge in [-0.1, -0.05) is 31.2 Å². The van der Waals surface area contributed by atoms with E-state index in [2.05, 4.69) is 6.92 Å². The Morgan fingerprint density at radius 2 is 1.92 bits per heavy atom. The fraction of sp³-hybridized carbons (Fsp3) is 0.579. The van der Waals surface area contributed by atoms with E-state index in [9.17, 15) is 14.7 Å². The Kier molecular flexibility index (Phi) is 5.33. The maximum absolute atomic E-state index is 13.0. The second-order valence-corrected chi connectivity index (χ2v) is 7.17. The lowest BCUT2D eigenvalue weighted by Crippen LogP contribution is -2.45. The second-order valence-electron chi connectivity index (χ2n) is 7.17. The maximum atomic E-state index is 13.0. The summed E-state index contributed by atoms with van der Waals surface area (Å²) in [4.78, 5) is 26.4. The Bertz CT molecular complexity index is 608. The van der Waals surface area contributed by atoms with Gasteiger partial charge in [0.25, 0.3) is 0 Å². The van der Waals surface area contributed by atoms with Gasteiger partial charge in [0.2, 0.25) is 5.91 Å². The number of aryl methyl sites for hydroxylation is 1. The molecule has 5 heteroatoms. The van der Waals surface area contributed by atoms with E-state index in [4.69, 9.17) is 4.74 Å². The van der Waals surface area contributed by atoms with Gasteiger partial charge < -0.3 is 14.7 Å². The number of carbonyl (C=O) groups excluding carboxylic acids is 1. The van der Waals surface area contributed by atoms with E-state index in [1.807, 2.05) is 38.1 Å². The minimum Gasteiger partial charge on any atom is -0.481 e. The SMILES string of the molecule is CCc1ccc(C(C)(C)C(=O)N2CCC(COC)(C(=O)O)C2)cc1. The number of methoxy groups -OCH3 is 1. The van der Waals surface area contributed by atoms with Crippen LogP contribution in [0.5, 0.6) is 0 Å². The van der Waals surface area contributed by atoms with Crippen molar-refractivity contribution in [2.24, 2.45) is 5.41 Å². The van der Waals surface area contributed by atoms with E-state index in [1.54, 1.807) is 4.90 Å². The van der Waals surface area contributed by atoms with Crippen LogP contribution in [0.2, 0.25) is 0 Å². The highest BCUT2D eigenvalue weighted by Gasteiger charge is 2.48. The quantitative estimate of drug-likeness (QED) is 0.868. The molecule has 1 atom stereocenters. The van der Waals surface area contributed by atoms with Crippen LogP contribution >= 0.6 is 0 Å². The second kappa shape index (κ2) is 6.93. The molecule has 1 fully saturated rings. The molecule has 0 radical (unpaired) electrons. The van der Waals surface area contributed by atoms with Crippen LogP contribution in [0.15, 0.2) is 24.3 Å². The average molecular weight is 333 g/mol. The zero-order valence-corrected chi connectivity index (χ0v) is 15.0. The summed E-state index contributed by atoms with van der Waals surface area (Å²) in [6, 6.07) is 8.07. The maximum Gasteiger partial charge on any atom is 0.313 e. The van der Waals surface area contributed by atoms with Crippen molar-refractivity contribution in [3.63, 3.8) is 0 Å². The van der Waals surface area contributed by atoms with Gasteiger partial charge in [-0.25, -0.2) is 0 Å². The first-order valence-corrected chi connectivity index (χ1v) is 8.38. The van der Waals surface area contributed by atoms with Crippen molar-refractivity contribution in [2.75, 3.05) is 26.8 Å². The molecule has 1 aromatic carbocycles. The fourth-order valence-electron chi connectivity index (χ4n) is 3.35. The molecule has 1 aromatic rings. The number of amides is 1. The van der Waals surface area contributed by atoms with Crippen molar-refractivity contribution >= 4 is 11.9 Å². The Balaban J connectivity index is 2.19. The topological polar surface area (TPSA) is 66.8 Å². The summed E-state index contributed by atoms with van der Waals surface area (Å²) in [6.07, 6.45) is 1.38. The normalized spacial score (nSPS) is 21.1. The minimum absolute atomic E-state index is 0.0361. The Morgan fingerprint density at radius 3 is 2.42 bits per heavy atom. The first-order chi connectivity index (χ1) is 11.3. The van der Waals surface area contributed by atoms with Crippen molar-refractivity contribution in [2.45, 2.75) is 39.0 Å². The van der Waals surface area contributed by atoms with Gasteiger partial charge in [0, 0.05) is 20.2 Å². The number of carbonyl (C=O) groups is 2. The van der Waals surface area contributed by atoms with Gasteiger partial charge in [0.15, 0.2) is 0 Å². The molecule has 1 amide bonds. The molecule has 0 spiro atoms. The largest absolute Gasteiger partial charge is 0.481 e. The molecule has 1 aliphatic heterocycles. The number of nitrogens with zero attached hydrogens (tertiary/aromatic N) is 1. The van der Waals surface area contributed by atoms with Crippen LogP contribution in [0.3, 0.4) is 0 Å². The highest BCUT2D eigenvalue weighted by atomic mass is 16.5. The molecule has 0 saturated carbocycles. The Hall–Kier alpha value is -1.88. The third-order valence-corrected chi connectivity index (χ3v) is 5.13. The molecular formula is C19H27NO4. The van der Waals surface area contributed by atoms with Crippen molar-refractivity contribution < 1.29 is 19.4 Å². The summed E-state index contributed by atoms with van der Waals surface area (Å²) in [5.41, 5.74) is 0.498. The van der Waals surface area contributed by atoms with Crippen molar-refractivity contribution in [1.82, 2.24) is 4.90 Å². The van der Waals surface area contributed by atoms with E-state index < -0.39 is 16.8 Å². The summed E-state index contributed by atoms with van der Waals surface area (Å²) < 4.78 is 5.10. The zero-order valence-electron chi connectivity index (χ0n) is 15.0. The van der Waals surface area contributed by atoms with Gasteiger partial charge in [0.05, 0.1) is 12.0 Å². The summed E-state index contributed by atoms with van der Waals surface area (Å²) in [5, 5.41) is 9.55. The van der Waals surface area contributed by atoms with Crippen LogP contribution in [-0.2, 0) is 26.2 Å². The number of ether oxygens (including phenoxy) is 1. The molecule has 0 bridgehead atoms. The fourth-order valence-corrected chi connectivity index (χ4v) is 3.35. The number of likely N-dealkylation sites (tertiary alicyclic amines) is 1. The van der Waals surface area contributed by atoms with Crippen LogP contribution in [0.1, 0.15) is 38.3 Å². The monoisotopic (exact) mass is 333 g/mol. The number of benzene rings is 1. The van der Waals surface area contributed by atoms with Crippen LogP contribution in [0.25, 0.3) is 0 Å². The summed E-state index contributed by atoms with van der Waals surface area (Å²) in [7, 11) is 1.49. The number of carboxylic acids is 1. The lowest BCUT2D eigenvalue weighted by Gasteiger charge is -2.31. The Morgan fingerprint density at radius 1 is 1.29 bits per heavy atom. The number of rotatable bonds is 6. The van der Waals surface area contributed by atoms with Gasteiger partial charge in [0.1, 0.15) is 5.41 Å². The van der Waals surface area contributed by atoms with Crippen LogP contribution in [0, 0.1) is 5.41 Å². The molecular weight excluding hydrogens is 306 g/mol. The third-order valence-electron chi connectivity index (χ3n) is 5.13. The van der Waals surface area contributed by atoms with E-state index in [1.165, 1.54) is 12.7 Å². The zero-order chi connectivity index (χ0) is 18.0. The molecule has 1 saturated heterocycles. The highest BCUT2D eigenvalue weighted by molar-refractivity contribution is 5.89. The minimum atomic E-state index is -0.993. The number of hydrogen-bond acceptors (Lipinski definition) is 3. The standard InChI is InChI=1S/C19H27NO4/c1-5-14-6-8-15(9-7-14)18(2,3)16(21)20-11-10-19(12-20,13-24-4)17(22)23/h6-9H,5,10-13H2,1-4H3,(H,22,23). The predicted molar refractivity (Wildman–Crippen MR) is 92.0 cm³/mol. The van der Waals surface area contributed by atoms with Gasteiger partial charge >= 0.3 is 5.97 Å². The number of carboxylic acid groups (broad SMARTS) is 1. The average Bonchev–Trinajstić information content (AvgIpc) is 3.00. The molecule has 2 rings (SSSR count). The van der Waals surface area contributed by atoms with Crippen LogP contribution < -0.4 is 0 Å². The van der Waals surface area contributed by atoms with E-state index in [0.29, 0.717) is 13.0 Å². The highest BCUT2D eigenvalue weighted by Crippen LogP contribution is 2.35. The van der Waals surface area contributed by atoms with E-state index in [0.717, 1.165) is 12.0 Å². The van der Waals surface area contributed by atoms with E-state index in [-0.39, 0.29) is 19.1 Å². The van der Waals surface area contributed by atoms with Crippen molar-refractivity contribution in [3.8, 4) is 0 Å². The molecule has 24 heavy (non-hydrogen) atoms. The molecule has 0 aliphatic carbocycles. The van der Waals surface area contributed by atoms with Crippen LogP contribution in [-0.4, -0.2) is 48.7 Å². The van der Waals surface area contributed by atoms with Crippen molar-refractivity contribution in [1.29, 1.82) is 0 Å². The summed E-state index contributed by atoms with van der Waals surface area (Å²) in [5.74, 6) is -0.935. The summed E-state index contributed by atoms with van der Waals surface area (Å²) in [6.45, 7) is 6.66. The lowest BCUT2D eigenvalue weighted by molar-refractivity contribution is -0.152.